The average Bonchev–Trinajstić information content (AvgIpc) is 2.78. The van der Waals surface area contributed by atoms with Gasteiger partial charge in [0.2, 0.25) is 0 Å². The summed E-state index contributed by atoms with van der Waals surface area (Å²) in [5, 5.41) is 11.0. The lowest BCUT2D eigenvalue weighted by Crippen LogP contribution is -2.55. The fourth-order valence-corrected chi connectivity index (χ4v) is 2.97. The quantitative estimate of drug-likeness (QED) is 0.837. The van der Waals surface area contributed by atoms with Gasteiger partial charge in [-0.25, -0.2) is 4.39 Å². The summed E-state index contributed by atoms with van der Waals surface area (Å²) in [4.78, 5) is 1.86. The number of nitrogens with zero attached hydrogens (tertiary/aromatic N) is 3. The fraction of sp³-hybridized carbons (Fsp3) is 0.667. The second kappa shape index (κ2) is 4.22. The maximum Gasteiger partial charge on any atom is 0.151 e. The van der Waals surface area contributed by atoms with E-state index in [-0.39, 0.29) is 18.3 Å². The molecule has 1 aromatic heterocycles. The molecule has 3 rings (SSSR count). The van der Waals surface area contributed by atoms with Crippen LogP contribution in [0.25, 0.3) is 0 Å². The monoisotopic (exact) mass is 237 g/mol. The Morgan fingerprint density at radius 3 is 3.24 bits per heavy atom. The molecule has 0 saturated carbocycles. The number of aromatic nitrogens is 2. The third-order valence-electron chi connectivity index (χ3n) is 3.93. The number of fused-ring (bicyclic) bond motifs is 2. The second-order valence-electron chi connectivity index (χ2n) is 4.93. The minimum atomic E-state index is -0.869. The van der Waals surface area contributed by atoms with E-state index in [2.05, 4.69) is 15.5 Å². The third-order valence-corrected chi connectivity index (χ3v) is 3.93. The normalized spacial score (nSPS) is 36.7. The van der Waals surface area contributed by atoms with Crippen molar-refractivity contribution >= 4 is 5.82 Å². The lowest BCUT2D eigenvalue weighted by molar-refractivity contribution is 0.176. The molecule has 92 valence electrons. The number of anilines is 1. The number of hydrogen-bond acceptors (Lipinski definition) is 4. The Balaban J connectivity index is 1.79. The van der Waals surface area contributed by atoms with Crippen molar-refractivity contribution in [1.82, 2.24) is 15.5 Å². The largest absolute Gasteiger partial charge is 0.352 e. The van der Waals surface area contributed by atoms with Crippen LogP contribution >= 0.6 is 0 Å². The molecule has 17 heavy (non-hydrogen) atoms. The molecule has 1 aromatic rings. The van der Waals surface area contributed by atoms with Gasteiger partial charge in [0.05, 0.1) is 7.41 Å². The Labute approximate surface area is 102 Å². The molecule has 2 bridgehead atoms. The molecule has 0 aliphatic carbocycles. The van der Waals surface area contributed by atoms with E-state index in [0.29, 0.717) is 11.9 Å². The minimum absolute atomic E-state index is 0.0143. The lowest BCUT2D eigenvalue weighted by atomic mass is 9.96. The summed E-state index contributed by atoms with van der Waals surface area (Å²) in [6.07, 6.45) is 2.05. The number of nitrogens with one attached hydrogen (secondary N) is 1. The van der Waals surface area contributed by atoms with Gasteiger partial charge >= 0.3 is 0 Å². The molecular formula is C12H17FN4. The molecule has 4 atom stereocenters. The van der Waals surface area contributed by atoms with Crippen molar-refractivity contribution in [2.45, 2.75) is 43.6 Å². The smallest absolute Gasteiger partial charge is 0.151 e. The van der Waals surface area contributed by atoms with Crippen LogP contribution in [0.2, 0.25) is 0 Å². The van der Waals surface area contributed by atoms with Gasteiger partial charge in [-0.2, -0.15) is 5.10 Å². The van der Waals surface area contributed by atoms with E-state index in [1.54, 1.807) is 12.1 Å². The van der Waals surface area contributed by atoms with Crippen molar-refractivity contribution in [1.29, 1.82) is 0 Å². The second-order valence-corrected chi connectivity index (χ2v) is 4.93. The first kappa shape index (κ1) is 9.76. The van der Waals surface area contributed by atoms with E-state index in [1.807, 2.05) is 11.9 Å². The zero-order valence-corrected chi connectivity index (χ0v) is 9.81. The van der Waals surface area contributed by atoms with Crippen LogP contribution in [-0.4, -0.2) is 41.5 Å². The highest BCUT2D eigenvalue weighted by molar-refractivity contribution is 5.38. The molecule has 0 radical (unpaired) electrons. The Hall–Kier alpha value is -1.23. The van der Waals surface area contributed by atoms with Crippen molar-refractivity contribution in [3.63, 3.8) is 0 Å². The molecule has 0 unspecified atom stereocenters. The van der Waals surface area contributed by atoms with Crippen LogP contribution in [0.1, 0.15) is 20.6 Å². The van der Waals surface area contributed by atoms with Crippen LogP contribution in [0.5, 0.6) is 0 Å². The van der Waals surface area contributed by atoms with Gasteiger partial charge in [-0.3, -0.25) is 0 Å². The maximum atomic E-state index is 14.4. The number of rotatable bonds is 2. The Morgan fingerprint density at radius 1 is 1.59 bits per heavy atom. The van der Waals surface area contributed by atoms with E-state index in [1.165, 1.54) is 0 Å². The molecule has 0 aromatic carbocycles. The Bertz CT molecular complexity index is 427. The van der Waals surface area contributed by atoms with Crippen molar-refractivity contribution in [3.05, 3.63) is 18.3 Å². The first-order chi connectivity index (χ1) is 8.65. The molecule has 3 heterocycles. The predicted molar refractivity (Wildman–Crippen MR) is 63.7 cm³/mol. The van der Waals surface area contributed by atoms with Gasteiger partial charge in [-0.15, -0.1) is 5.10 Å². The molecule has 2 fully saturated rings. The maximum absolute atomic E-state index is 14.4. The molecule has 2 aliphatic rings. The fourth-order valence-electron chi connectivity index (χ4n) is 2.97. The summed E-state index contributed by atoms with van der Waals surface area (Å²) in [6.45, 7) is 0. The van der Waals surface area contributed by atoms with Gasteiger partial charge in [0, 0.05) is 25.3 Å². The zero-order chi connectivity index (χ0) is 12.7. The number of hydrogen-bond donors (Lipinski definition) is 1. The first-order valence-electron chi connectivity index (χ1n) is 6.58. The van der Waals surface area contributed by atoms with Gasteiger partial charge in [-0.1, -0.05) is 0 Å². The topological polar surface area (TPSA) is 41.0 Å². The van der Waals surface area contributed by atoms with E-state index < -0.39 is 6.17 Å². The predicted octanol–water partition coefficient (Wildman–Crippen LogP) is 1.14. The number of piperidine rings is 1. The van der Waals surface area contributed by atoms with Gasteiger partial charge < -0.3 is 10.2 Å². The summed E-state index contributed by atoms with van der Waals surface area (Å²) < 4.78 is 21.7. The lowest BCUT2D eigenvalue weighted by Gasteiger charge is -2.38. The number of alkyl halides is 1. The van der Waals surface area contributed by atoms with E-state index >= 15 is 0 Å². The molecule has 0 spiro atoms. The molecule has 4 nitrogen and oxygen atoms in total. The van der Waals surface area contributed by atoms with Crippen molar-refractivity contribution < 1.29 is 5.76 Å². The van der Waals surface area contributed by atoms with Crippen LogP contribution in [0, 0.1) is 0 Å². The summed E-state index contributed by atoms with van der Waals surface area (Å²) in [6, 6.07) is 3.58. The van der Waals surface area contributed by atoms with Crippen LogP contribution in [0.3, 0.4) is 0 Å². The summed E-state index contributed by atoms with van der Waals surface area (Å²) >= 11 is 0. The van der Waals surface area contributed by atoms with Crippen LogP contribution in [-0.2, 0) is 0 Å². The Kier molecular flexibility index (Phi) is 2.42. The van der Waals surface area contributed by atoms with Gasteiger partial charge in [0.15, 0.2) is 5.82 Å². The van der Waals surface area contributed by atoms with E-state index in [0.717, 1.165) is 19.3 Å². The molecule has 2 saturated heterocycles. The third kappa shape index (κ3) is 1.88. The van der Waals surface area contributed by atoms with Gasteiger partial charge in [-0.05, 0) is 31.4 Å². The molecule has 1 N–H and O–H groups in total. The highest BCUT2D eigenvalue weighted by Crippen LogP contribution is 2.32. The average molecular weight is 237 g/mol. The highest BCUT2D eigenvalue weighted by atomic mass is 19.1. The van der Waals surface area contributed by atoms with Crippen LogP contribution < -0.4 is 10.2 Å². The van der Waals surface area contributed by atoms with Crippen molar-refractivity contribution in [3.8, 4) is 0 Å². The van der Waals surface area contributed by atoms with Crippen LogP contribution in [0.15, 0.2) is 18.3 Å². The molecule has 2 aliphatic heterocycles. The summed E-state index contributed by atoms with van der Waals surface area (Å²) in [5.74, 6) is 0.639. The number of halogens is 1. The standard InChI is InChI=1S/C12H17FN4/c1-17(11-3-2-6-14-16-11)10-7-8-4-5-9(15-8)12(10)13/h2-3,6,8-10,12,15H,4-5,7H2,1H3/t8-,9+,10-,12+/m0/s1/i6D. The van der Waals surface area contributed by atoms with Crippen molar-refractivity contribution in [2.75, 3.05) is 11.9 Å². The summed E-state index contributed by atoms with van der Waals surface area (Å²) in [7, 11) is 1.86. The molecule has 0 amide bonds. The van der Waals surface area contributed by atoms with E-state index in [4.69, 9.17) is 1.37 Å². The van der Waals surface area contributed by atoms with Crippen LogP contribution in [0.4, 0.5) is 10.2 Å². The molecule has 5 heteroatoms. The summed E-state index contributed by atoms with van der Waals surface area (Å²) in [5.41, 5.74) is 0. The zero-order valence-electron chi connectivity index (χ0n) is 10.8. The van der Waals surface area contributed by atoms with Gasteiger partial charge in [0.1, 0.15) is 6.17 Å². The SMILES string of the molecule is [2H]c1ccc(N(C)[C@H]2C[C@@H]3CC[C@@H](N3)[C@H]2F)nn1. The first-order valence-corrected chi connectivity index (χ1v) is 6.08. The highest BCUT2D eigenvalue weighted by Gasteiger charge is 2.43. The van der Waals surface area contributed by atoms with Gasteiger partial charge in [0.25, 0.3) is 0 Å². The minimum Gasteiger partial charge on any atom is -0.352 e. The van der Waals surface area contributed by atoms with Crippen molar-refractivity contribution in [2.24, 2.45) is 0 Å². The molecular weight excluding hydrogens is 219 g/mol. The van der Waals surface area contributed by atoms with E-state index in [9.17, 15) is 4.39 Å². The Morgan fingerprint density at radius 2 is 2.47 bits per heavy atom.